The average molecular weight is 384 g/mol. The summed E-state index contributed by atoms with van der Waals surface area (Å²) in [6.07, 6.45) is 4.42. The Morgan fingerprint density at radius 2 is 2.04 bits per heavy atom. The first-order chi connectivity index (χ1) is 13.0. The lowest BCUT2D eigenvalue weighted by atomic mass is 10.2. The Morgan fingerprint density at radius 3 is 2.74 bits per heavy atom. The molecule has 1 amide bonds. The van der Waals surface area contributed by atoms with Crippen LogP contribution in [0.15, 0.2) is 49.3 Å². The van der Waals surface area contributed by atoms with E-state index < -0.39 is 0 Å². The lowest BCUT2D eigenvalue weighted by Gasteiger charge is -2.11. The quantitative estimate of drug-likeness (QED) is 0.560. The maximum absolute atomic E-state index is 11.4. The number of nitrogens with zero attached hydrogens (tertiary/aromatic N) is 4. The van der Waals surface area contributed by atoms with Crippen molar-refractivity contribution in [2.24, 2.45) is 7.05 Å². The summed E-state index contributed by atoms with van der Waals surface area (Å²) in [5.74, 6) is 0.530. The van der Waals surface area contributed by atoms with Gasteiger partial charge in [-0.25, -0.2) is 4.98 Å². The summed E-state index contributed by atoms with van der Waals surface area (Å²) < 4.78 is 1.75. The first-order valence-corrected chi connectivity index (χ1v) is 8.42. The van der Waals surface area contributed by atoms with Crippen LogP contribution >= 0.6 is 11.6 Å². The van der Waals surface area contributed by atoms with Crippen molar-refractivity contribution in [3.63, 3.8) is 0 Å². The van der Waals surface area contributed by atoms with Gasteiger partial charge in [0.25, 0.3) is 0 Å². The molecule has 2 aromatic heterocycles. The van der Waals surface area contributed by atoms with E-state index in [9.17, 15) is 4.79 Å². The van der Waals surface area contributed by atoms with Crippen molar-refractivity contribution < 1.29 is 4.79 Å². The molecule has 0 spiro atoms. The summed E-state index contributed by atoms with van der Waals surface area (Å²) >= 11 is 6.22. The Bertz CT molecular complexity index is 999. The molecule has 0 saturated heterocycles. The van der Waals surface area contributed by atoms with Crippen molar-refractivity contribution in [2.45, 2.75) is 6.92 Å². The molecule has 9 heteroatoms. The molecule has 0 aliphatic rings. The number of halogens is 1. The Morgan fingerprint density at radius 1 is 1.26 bits per heavy atom. The third-order valence-electron chi connectivity index (χ3n) is 3.80. The van der Waals surface area contributed by atoms with Crippen LogP contribution in [-0.4, -0.2) is 25.7 Å². The Labute approximate surface area is 161 Å². The summed E-state index contributed by atoms with van der Waals surface area (Å²) in [6.45, 7) is 5.37. The van der Waals surface area contributed by atoms with Gasteiger partial charge in [0.2, 0.25) is 11.9 Å². The zero-order valence-corrected chi connectivity index (χ0v) is 15.6. The van der Waals surface area contributed by atoms with Gasteiger partial charge in [-0.1, -0.05) is 24.2 Å². The monoisotopic (exact) mass is 383 g/mol. The number of benzene rings is 1. The first-order valence-electron chi connectivity index (χ1n) is 8.05. The molecular weight excluding hydrogens is 366 g/mol. The molecule has 3 rings (SSSR count). The van der Waals surface area contributed by atoms with Crippen LogP contribution in [0.3, 0.4) is 0 Å². The fourth-order valence-electron chi connectivity index (χ4n) is 2.26. The summed E-state index contributed by atoms with van der Waals surface area (Å²) in [6, 6.07) is 7.17. The van der Waals surface area contributed by atoms with Gasteiger partial charge in [-0.3, -0.25) is 9.48 Å². The molecule has 138 valence electrons. The molecule has 0 bridgehead atoms. The van der Waals surface area contributed by atoms with E-state index in [2.05, 4.69) is 37.6 Å². The molecule has 2 heterocycles. The summed E-state index contributed by atoms with van der Waals surface area (Å²) in [5, 5.41) is 13.5. The lowest BCUT2D eigenvalue weighted by Crippen LogP contribution is -2.07. The third-order valence-corrected chi connectivity index (χ3v) is 4.08. The van der Waals surface area contributed by atoms with Crippen LogP contribution in [-0.2, 0) is 11.8 Å². The molecule has 0 radical (unpaired) electrons. The van der Waals surface area contributed by atoms with E-state index in [1.165, 1.54) is 12.3 Å². The number of carbonyl (C=O) groups excluding carboxylic acids is 1. The van der Waals surface area contributed by atoms with Crippen molar-refractivity contribution in [3.8, 4) is 0 Å². The molecule has 27 heavy (non-hydrogen) atoms. The number of hydrogen-bond acceptors (Lipinski definition) is 6. The van der Waals surface area contributed by atoms with Crippen LogP contribution in [0.4, 0.5) is 28.8 Å². The fraction of sp³-hybridized carbons (Fsp3) is 0.111. The summed E-state index contributed by atoms with van der Waals surface area (Å²) in [7, 11) is 1.86. The van der Waals surface area contributed by atoms with Crippen molar-refractivity contribution in [3.05, 3.63) is 60.0 Å². The summed E-state index contributed by atoms with van der Waals surface area (Å²) in [4.78, 5) is 20.1. The Balaban J connectivity index is 1.81. The van der Waals surface area contributed by atoms with Crippen LogP contribution in [0.2, 0.25) is 5.02 Å². The number of hydrogen-bond donors (Lipinski definition) is 3. The minimum Gasteiger partial charge on any atom is -0.339 e. The maximum Gasteiger partial charge on any atom is 0.247 e. The van der Waals surface area contributed by atoms with E-state index in [0.717, 1.165) is 11.4 Å². The molecule has 8 nitrogen and oxygen atoms in total. The van der Waals surface area contributed by atoms with Gasteiger partial charge in [-0.05, 0) is 31.2 Å². The van der Waals surface area contributed by atoms with Gasteiger partial charge < -0.3 is 16.0 Å². The summed E-state index contributed by atoms with van der Waals surface area (Å²) in [5.41, 5.74) is 3.09. The number of rotatable bonds is 6. The van der Waals surface area contributed by atoms with Gasteiger partial charge in [-0.15, -0.1) is 0 Å². The van der Waals surface area contributed by atoms with Gasteiger partial charge in [0, 0.05) is 18.4 Å². The van der Waals surface area contributed by atoms with Gasteiger partial charge >= 0.3 is 0 Å². The second-order valence-corrected chi connectivity index (χ2v) is 6.09. The predicted molar refractivity (Wildman–Crippen MR) is 107 cm³/mol. The van der Waals surface area contributed by atoms with E-state index in [-0.39, 0.29) is 5.91 Å². The largest absolute Gasteiger partial charge is 0.339 e. The molecule has 0 aliphatic carbocycles. The number of nitrogens with one attached hydrogen (secondary N) is 3. The third kappa shape index (κ3) is 4.42. The van der Waals surface area contributed by atoms with Crippen molar-refractivity contribution in [1.29, 1.82) is 0 Å². The maximum atomic E-state index is 11.4. The second-order valence-electron chi connectivity index (χ2n) is 5.68. The smallest absolute Gasteiger partial charge is 0.247 e. The normalized spacial score (nSPS) is 10.3. The molecule has 3 aromatic rings. The SMILES string of the molecule is C=CC(=O)Nc1cccc(Nc2nc(Nc3cnn(C)c3C)ncc2Cl)c1. The van der Waals surface area contributed by atoms with Crippen molar-refractivity contribution in [1.82, 2.24) is 19.7 Å². The molecule has 0 atom stereocenters. The molecule has 0 aliphatic heterocycles. The van der Waals surface area contributed by atoms with E-state index in [0.29, 0.717) is 28.2 Å². The Hall–Kier alpha value is -3.39. The highest BCUT2D eigenvalue weighted by Gasteiger charge is 2.10. The van der Waals surface area contributed by atoms with E-state index in [1.54, 1.807) is 29.1 Å². The minimum atomic E-state index is -0.287. The highest BCUT2D eigenvalue weighted by Crippen LogP contribution is 2.26. The number of anilines is 5. The highest BCUT2D eigenvalue weighted by molar-refractivity contribution is 6.32. The van der Waals surface area contributed by atoms with Gasteiger partial charge in [0.05, 0.1) is 23.8 Å². The first kappa shape index (κ1) is 18.4. The average Bonchev–Trinajstić information content (AvgIpc) is 2.97. The van der Waals surface area contributed by atoms with Gasteiger partial charge in [-0.2, -0.15) is 10.1 Å². The van der Waals surface area contributed by atoms with Crippen LogP contribution in [0.5, 0.6) is 0 Å². The minimum absolute atomic E-state index is 0.287. The topological polar surface area (TPSA) is 96.8 Å². The fourth-order valence-corrected chi connectivity index (χ4v) is 2.40. The zero-order chi connectivity index (χ0) is 19.4. The van der Waals surface area contributed by atoms with Crippen molar-refractivity contribution in [2.75, 3.05) is 16.0 Å². The van der Waals surface area contributed by atoms with E-state index in [1.807, 2.05) is 20.0 Å². The molecule has 3 N–H and O–H groups in total. The van der Waals surface area contributed by atoms with Crippen LogP contribution in [0.1, 0.15) is 5.69 Å². The highest BCUT2D eigenvalue weighted by atomic mass is 35.5. The molecular formula is C18H18ClN7O. The Kier molecular flexibility index (Phi) is 5.37. The molecule has 0 saturated carbocycles. The van der Waals surface area contributed by atoms with Gasteiger partial charge in [0.15, 0.2) is 5.82 Å². The predicted octanol–water partition coefficient (Wildman–Crippen LogP) is 3.78. The number of carbonyl (C=O) groups is 1. The molecule has 0 fully saturated rings. The lowest BCUT2D eigenvalue weighted by molar-refractivity contribution is -0.111. The standard InChI is InChI=1S/C18H18ClN7O/c1-4-16(27)22-12-6-5-7-13(8-12)23-17-14(19)9-20-18(25-17)24-15-10-21-26(3)11(15)2/h4-10H,1H2,2-3H3,(H,22,27)(H2,20,23,24,25). The molecule has 1 aromatic carbocycles. The molecule has 0 unspecified atom stereocenters. The van der Waals surface area contributed by atoms with E-state index in [4.69, 9.17) is 11.6 Å². The van der Waals surface area contributed by atoms with Crippen LogP contribution < -0.4 is 16.0 Å². The van der Waals surface area contributed by atoms with E-state index >= 15 is 0 Å². The van der Waals surface area contributed by atoms with Gasteiger partial charge in [0.1, 0.15) is 5.02 Å². The zero-order valence-electron chi connectivity index (χ0n) is 14.8. The number of aryl methyl sites for hydroxylation is 1. The number of amides is 1. The second kappa shape index (κ2) is 7.88. The van der Waals surface area contributed by atoms with Crippen LogP contribution in [0, 0.1) is 6.92 Å². The number of aromatic nitrogens is 4. The van der Waals surface area contributed by atoms with Crippen molar-refractivity contribution >= 4 is 46.3 Å². The van der Waals surface area contributed by atoms with Crippen LogP contribution in [0.25, 0.3) is 0 Å².